The summed E-state index contributed by atoms with van der Waals surface area (Å²) in [6, 6.07) is 0. The Hall–Kier alpha value is 1.11. The molecule has 3 heteroatoms. The topological polar surface area (TPSA) is 20.2 Å². The molecule has 0 aliphatic heterocycles. The van der Waals surface area contributed by atoms with Crippen molar-refractivity contribution >= 4 is 32.4 Å². The van der Waals surface area contributed by atoms with Crippen LogP contribution in [0.4, 0.5) is 0 Å². The van der Waals surface area contributed by atoms with E-state index in [0.29, 0.717) is 3.27 Å². The third-order valence-corrected chi connectivity index (χ3v) is 10.1. The van der Waals surface area contributed by atoms with E-state index in [2.05, 4.69) is 22.5 Å². The second kappa shape index (κ2) is 4.03. The molecule has 0 heterocycles. The van der Waals surface area contributed by atoms with Crippen molar-refractivity contribution in [3.63, 3.8) is 0 Å². The Kier molecular flexibility index (Phi) is 4.67. The van der Waals surface area contributed by atoms with Crippen molar-refractivity contribution < 1.29 is 5.11 Å². The van der Waals surface area contributed by atoms with Crippen LogP contribution in [0.2, 0.25) is 9.88 Å². The molecule has 0 rings (SSSR count). The van der Waals surface area contributed by atoms with Crippen LogP contribution < -0.4 is 0 Å². The Balaban J connectivity index is 3.14. The van der Waals surface area contributed by atoms with Crippen LogP contribution in [-0.4, -0.2) is 34.7 Å². The minimum absolute atomic E-state index is 0.275. The van der Waals surface area contributed by atoms with Gasteiger partial charge in [0.2, 0.25) is 0 Å². The van der Waals surface area contributed by atoms with Crippen molar-refractivity contribution in [2.75, 3.05) is 6.61 Å². The monoisotopic (exact) mass is 228 g/mol. The zero-order valence-electron chi connectivity index (χ0n) is 4.76. The molecule has 0 aliphatic rings. The van der Waals surface area contributed by atoms with E-state index in [9.17, 15) is 0 Å². The van der Waals surface area contributed by atoms with E-state index in [1.165, 1.54) is 0 Å². The van der Waals surface area contributed by atoms with Gasteiger partial charge >= 0.3 is 57.2 Å². The predicted molar refractivity (Wildman–Crippen MR) is 38.7 cm³/mol. The molecule has 0 aromatic rings. The summed E-state index contributed by atoms with van der Waals surface area (Å²) in [5.41, 5.74) is 0. The predicted octanol–water partition coefficient (Wildman–Crippen LogP) is 0.303. The molecule has 7 heavy (non-hydrogen) atoms. The molecule has 0 fully saturated rings. The molecule has 0 amide bonds. The van der Waals surface area contributed by atoms with Crippen molar-refractivity contribution in [2.24, 2.45) is 0 Å². The summed E-state index contributed by atoms with van der Waals surface area (Å²) in [5.74, 6) is 0. The zero-order valence-corrected chi connectivity index (χ0v) is 8.95. The van der Waals surface area contributed by atoms with Crippen molar-refractivity contribution in [3.05, 3.63) is 0 Å². The average molecular weight is 227 g/mol. The zero-order chi connectivity index (χ0) is 5.86. The number of hydrogen-bond donors (Lipinski definition) is 2. The second-order valence-electron chi connectivity index (χ2n) is 1.99. The van der Waals surface area contributed by atoms with Gasteiger partial charge in [-0.25, -0.2) is 0 Å². The summed E-state index contributed by atoms with van der Waals surface area (Å²) in [4.78, 5) is 4.49. The first kappa shape index (κ1) is 8.11. The average Bonchev–Trinajstić information content (AvgIpc) is 1.65. The Bertz CT molecular complexity index is 49.0. The molecule has 44 valence electrons. The normalized spacial score (nSPS) is 15.0. The second-order valence-corrected chi connectivity index (χ2v) is 13.7. The third kappa shape index (κ3) is 3.67. The van der Waals surface area contributed by atoms with E-state index in [0.717, 1.165) is 0 Å². The molecule has 0 bridgehead atoms. The fraction of sp³-hybridized carbons (Fsp3) is 1.00. The van der Waals surface area contributed by atoms with Crippen LogP contribution in [0.1, 0.15) is 0 Å². The molecule has 1 atom stereocenters. The Morgan fingerprint density at radius 3 is 2.14 bits per heavy atom. The molecule has 0 spiro atoms. The van der Waals surface area contributed by atoms with Gasteiger partial charge in [-0.3, -0.25) is 0 Å². The fourth-order valence-electron chi connectivity index (χ4n) is 0.211. The molecule has 0 aromatic heterocycles. The standard InChI is InChI=1S/C2H5OS.2CH3.Sn.H/c3-1-2-4;;;;/h2-4H,1H2;2*1H3;;. The molecule has 1 nitrogen and oxygen atoms in total. The molecule has 0 saturated carbocycles. The van der Waals surface area contributed by atoms with Gasteiger partial charge in [0.15, 0.2) is 0 Å². The minimum atomic E-state index is -1.23. The van der Waals surface area contributed by atoms with Crippen LogP contribution in [0.15, 0.2) is 0 Å². The number of hydrogen-bond acceptors (Lipinski definition) is 2. The molecule has 1 unspecified atom stereocenters. The van der Waals surface area contributed by atoms with Crippen LogP contribution in [0, 0.1) is 0 Å². The fourth-order valence-corrected chi connectivity index (χ4v) is 1.41. The van der Waals surface area contributed by atoms with Gasteiger partial charge in [0.1, 0.15) is 0 Å². The van der Waals surface area contributed by atoms with Crippen molar-refractivity contribution in [1.29, 1.82) is 0 Å². The quantitative estimate of drug-likeness (QED) is 0.513. The van der Waals surface area contributed by atoms with E-state index in [4.69, 9.17) is 5.11 Å². The van der Waals surface area contributed by atoms with Crippen LogP contribution in [0.5, 0.6) is 0 Å². The SMILES string of the molecule is [CH3][SnH]([CH3])[CH](S)CO. The summed E-state index contributed by atoms with van der Waals surface area (Å²) < 4.78 is 0.363. The van der Waals surface area contributed by atoms with Crippen molar-refractivity contribution in [1.82, 2.24) is 0 Å². The van der Waals surface area contributed by atoms with Gasteiger partial charge in [0.05, 0.1) is 0 Å². The third-order valence-electron chi connectivity index (χ3n) is 0.957. The first-order valence-electron chi connectivity index (χ1n) is 2.47. The van der Waals surface area contributed by atoms with Crippen LogP contribution in [-0.2, 0) is 0 Å². The van der Waals surface area contributed by atoms with Crippen molar-refractivity contribution in [2.45, 2.75) is 13.1 Å². The molecular weight excluding hydrogens is 215 g/mol. The number of rotatable bonds is 2. The summed E-state index contributed by atoms with van der Waals surface area (Å²) in [6.07, 6.45) is 0. The Morgan fingerprint density at radius 2 is 2.14 bits per heavy atom. The van der Waals surface area contributed by atoms with E-state index in [1.54, 1.807) is 0 Å². The van der Waals surface area contributed by atoms with E-state index in [-0.39, 0.29) is 6.61 Å². The molecular formula is C4H12OSSn. The molecule has 0 saturated heterocycles. The maximum absolute atomic E-state index is 8.48. The van der Waals surface area contributed by atoms with Gasteiger partial charge in [-0.05, 0) is 0 Å². The van der Waals surface area contributed by atoms with Crippen molar-refractivity contribution in [3.8, 4) is 0 Å². The summed E-state index contributed by atoms with van der Waals surface area (Å²) in [5, 5.41) is 8.48. The molecule has 0 radical (unpaired) electrons. The van der Waals surface area contributed by atoms with Crippen LogP contribution in [0.3, 0.4) is 0 Å². The Labute approximate surface area is 57.3 Å². The van der Waals surface area contributed by atoms with Crippen LogP contribution in [0.25, 0.3) is 0 Å². The van der Waals surface area contributed by atoms with Gasteiger partial charge in [-0.15, -0.1) is 0 Å². The summed E-state index contributed by atoms with van der Waals surface area (Å²) >= 11 is 2.94. The van der Waals surface area contributed by atoms with Gasteiger partial charge < -0.3 is 0 Å². The van der Waals surface area contributed by atoms with E-state index >= 15 is 0 Å². The molecule has 1 N–H and O–H groups in total. The first-order valence-corrected chi connectivity index (χ1v) is 11.5. The molecule has 0 aromatic carbocycles. The summed E-state index contributed by atoms with van der Waals surface area (Å²) in [7, 11) is 0. The van der Waals surface area contributed by atoms with E-state index in [1.807, 2.05) is 0 Å². The van der Waals surface area contributed by atoms with Gasteiger partial charge in [-0.1, -0.05) is 0 Å². The first-order chi connectivity index (χ1) is 3.18. The van der Waals surface area contributed by atoms with E-state index < -0.39 is 19.8 Å². The number of thiol groups is 1. The summed E-state index contributed by atoms with van der Waals surface area (Å²) in [6.45, 7) is 0.275. The maximum atomic E-state index is 8.48. The van der Waals surface area contributed by atoms with Gasteiger partial charge in [0, 0.05) is 0 Å². The number of aliphatic hydroxyl groups is 1. The Morgan fingerprint density at radius 1 is 1.71 bits per heavy atom. The van der Waals surface area contributed by atoms with Gasteiger partial charge in [-0.2, -0.15) is 0 Å². The van der Waals surface area contributed by atoms with Crippen LogP contribution >= 0.6 is 12.6 Å². The van der Waals surface area contributed by atoms with Gasteiger partial charge in [0.25, 0.3) is 0 Å². The number of aliphatic hydroxyl groups excluding tert-OH is 1. The molecule has 0 aliphatic carbocycles.